The summed E-state index contributed by atoms with van der Waals surface area (Å²) in [4.78, 5) is 27.8. The van der Waals surface area contributed by atoms with Gasteiger partial charge in [0.2, 0.25) is 0 Å². The molecule has 0 aromatic heterocycles. The molecular formula is C50H66O8S. The molecule has 0 aliphatic heterocycles. The smallest absolute Gasteiger partial charge is 0.333 e. The fourth-order valence-corrected chi connectivity index (χ4v) is 7.57. The highest BCUT2D eigenvalue weighted by atomic mass is 32.2. The van der Waals surface area contributed by atoms with Crippen LogP contribution in [0.4, 0.5) is 0 Å². The lowest BCUT2D eigenvalue weighted by atomic mass is 10.0. The van der Waals surface area contributed by atoms with E-state index in [0.717, 1.165) is 82.7 Å². The van der Waals surface area contributed by atoms with E-state index in [9.17, 15) is 9.59 Å². The van der Waals surface area contributed by atoms with E-state index in [1.807, 2.05) is 48.5 Å². The number of esters is 2. The second-order valence-corrected chi connectivity index (χ2v) is 16.6. The first-order chi connectivity index (χ1) is 28.6. The predicted molar refractivity (Wildman–Crippen MR) is 241 cm³/mol. The molecule has 0 bridgehead atoms. The third kappa shape index (κ3) is 15.0. The summed E-state index contributed by atoms with van der Waals surface area (Å²) in [7, 11) is 0. The summed E-state index contributed by atoms with van der Waals surface area (Å²) in [5.74, 6) is 1.16. The van der Waals surface area contributed by atoms with E-state index in [-0.39, 0.29) is 26.4 Å². The molecule has 0 aliphatic carbocycles. The van der Waals surface area contributed by atoms with Crippen LogP contribution in [0.3, 0.4) is 0 Å². The van der Waals surface area contributed by atoms with Crippen LogP contribution in [0.15, 0.2) is 107 Å². The van der Waals surface area contributed by atoms with Crippen molar-refractivity contribution in [2.24, 2.45) is 11.8 Å². The summed E-state index contributed by atoms with van der Waals surface area (Å²) in [6, 6.07) is 24.3. The van der Waals surface area contributed by atoms with E-state index in [2.05, 4.69) is 65.1 Å². The first-order valence-electron chi connectivity index (χ1n) is 21.4. The van der Waals surface area contributed by atoms with Crippen molar-refractivity contribution >= 4 is 45.2 Å². The molecule has 0 aliphatic rings. The molecule has 0 radical (unpaired) electrons. The zero-order valence-electron chi connectivity index (χ0n) is 36.2. The van der Waals surface area contributed by atoms with Gasteiger partial charge in [-0.25, -0.2) is 9.59 Å². The Morgan fingerprint density at radius 2 is 1.02 bits per heavy atom. The van der Waals surface area contributed by atoms with Gasteiger partial charge in [0.1, 0.15) is 24.7 Å². The van der Waals surface area contributed by atoms with Crippen LogP contribution >= 0.6 is 11.8 Å². The van der Waals surface area contributed by atoms with Crippen LogP contribution in [0.25, 0.3) is 21.5 Å². The Morgan fingerprint density at radius 1 is 0.559 bits per heavy atom. The molecule has 0 fully saturated rings. The molecule has 4 rings (SSSR count). The van der Waals surface area contributed by atoms with Crippen LogP contribution in [-0.2, 0) is 28.5 Å². The number of hydrogen-bond acceptors (Lipinski definition) is 9. The maximum Gasteiger partial charge on any atom is 0.333 e. The molecule has 0 saturated heterocycles. The van der Waals surface area contributed by atoms with Gasteiger partial charge in [-0.1, -0.05) is 134 Å². The van der Waals surface area contributed by atoms with Gasteiger partial charge < -0.3 is 28.4 Å². The molecule has 0 spiro atoms. The van der Waals surface area contributed by atoms with Crippen molar-refractivity contribution in [1.29, 1.82) is 0 Å². The van der Waals surface area contributed by atoms with Gasteiger partial charge >= 0.3 is 11.9 Å². The molecule has 4 atom stereocenters. The van der Waals surface area contributed by atoms with E-state index >= 15 is 0 Å². The van der Waals surface area contributed by atoms with E-state index in [0.29, 0.717) is 47.7 Å². The zero-order valence-corrected chi connectivity index (χ0v) is 37.0. The number of rotatable bonds is 28. The Labute approximate surface area is 357 Å². The lowest BCUT2D eigenvalue weighted by Crippen LogP contribution is -2.31. The topological polar surface area (TPSA) is 89.5 Å². The number of benzene rings is 4. The molecule has 4 unspecified atom stereocenters. The lowest BCUT2D eigenvalue weighted by molar-refractivity contribution is -0.150. The summed E-state index contributed by atoms with van der Waals surface area (Å²) in [5, 5.41) is 3.29. The summed E-state index contributed by atoms with van der Waals surface area (Å²) in [5.41, 5.74) is 0.619. The standard InChI is InChI=1S/C50H66O8S/c1-9-13-20-37(11-3)29-53-31-39(57-49(51)35(5)6)33-55-47-43-24-18-19-25-44(43)48(46-28-42(26-27-45(46)47)59-41-22-16-15-17-23-41)56-34-40(58-50(52)36(7)8)32-54-30-38(12-4)21-14-10-2/h15-19,22-28,37-40H,5,7,9-14,20-21,29-34H2,1-4,6,8H3. The third-order valence-electron chi connectivity index (χ3n) is 10.3. The molecule has 4 aromatic rings. The van der Waals surface area contributed by atoms with Crippen LogP contribution in [0, 0.1) is 11.8 Å². The van der Waals surface area contributed by atoms with Gasteiger partial charge in [0.05, 0.1) is 13.2 Å². The Bertz CT molecular complexity index is 1940. The fourth-order valence-electron chi connectivity index (χ4n) is 6.69. The van der Waals surface area contributed by atoms with E-state index in [1.54, 1.807) is 25.6 Å². The fraction of sp³-hybridized carbons (Fsp3) is 0.480. The van der Waals surface area contributed by atoms with Crippen molar-refractivity contribution in [3.05, 3.63) is 97.1 Å². The van der Waals surface area contributed by atoms with Crippen molar-refractivity contribution in [1.82, 2.24) is 0 Å². The normalized spacial score (nSPS) is 13.4. The molecule has 0 amide bonds. The maximum atomic E-state index is 12.8. The highest BCUT2D eigenvalue weighted by molar-refractivity contribution is 7.99. The monoisotopic (exact) mass is 826 g/mol. The van der Waals surface area contributed by atoms with Crippen molar-refractivity contribution in [3.63, 3.8) is 0 Å². The van der Waals surface area contributed by atoms with Gasteiger partial charge in [-0.15, -0.1) is 0 Å². The number of unbranched alkanes of at least 4 members (excludes halogenated alkanes) is 2. The van der Waals surface area contributed by atoms with Crippen LogP contribution < -0.4 is 9.47 Å². The van der Waals surface area contributed by atoms with Crippen LogP contribution in [-0.4, -0.2) is 63.8 Å². The van der Waals surface area contributed by atoms with Gasteiger partial charge in [-0.2, -0.15) is 0 Å². The number of fused-ring (bicyclic) bond motifs is 2. The summed E-state index contributed by atoms with van der Waals surface area (Å²) in [6.45, 7) is 21.3. The van der Waals surface area contributed by atoms with Crippen molar-refractivity contribution < 1.29 is 38.0 Å². The Hall–Kier alpha value is -4.31. The Balaban J connectivity index is 1.71. The van der Waals surface area contributed by atoms with Crippen molar-refractivity contribution in [2.45, 2.75) is 115 Å². The molecule has 4 aromatic carbocycles. The average molecular weight is 827 g/mol. The Morgan fingerprint density at radius 3 is 1.47 bits per heavy atom. The van der Waals surface area contributed by atoms with Gasteiger partial charge in [0.25, 0.3) is 0 Å². The first-order valence-corrected chi connectivity index (χ1v) is 22.2. The molecule has 0 saturated carbocycles. The molecule has 0 heterocycles. The summed E-state index contributed by atoms with van der Waals surface area (Å²) in [6.07, 6.45) is 7.46. The van der Waals surface area contributed by atoms with Crippen LogP contribution in [0.1, 0.15) is 92.9 Å². The second-order valence-electron chi connectivity index (χ2n) is 15.5. The quantitative estimate of drug-likeness (QED) is 0.0315. The van der Waals surface area contributed by atoms with E-state index < -0.39 is 24.1 Å². The minimum absolute atomic E-state index is 0.0629. The highest BCUT2D eigenvalue weighted by Crippen LogP contribution is 2.45. The van der Waals surface area contributed by atoms with Crippen molar-refractivity contribution in [2.75, 3.05) is 39.6 Å². The zero-order chi connectivity index (χ0) is 42.6. The van der Waals surface area contributed by atoms with E-state index in [4.69, 9.17) is 28.4 Å². The molecule has 320 valence electrons. The van der Waals surface area contributed by atoms with Gasteiger partial charge in [-0.05, 0) is 68.9 Å². The van der Waals surface area contributed by atoms with Gasteiger partial charge in [-0.3, -0.25) is 0 Å². The lowest BCUT2D eigenvalue weighted by Gasteiger charge is -2.24. The van der Waals surface area contributed by atoms with Crippen molar-refractivity contribution in [3.8, 4) is 11.5 Å². The minimum Gasteiger partial charge on any atom is -0.488 e. The average Bonchev–Trinajstić information content (AvgIpc) is 3.24. The minimum atomic E-state index is -0.674. The Kier molecular flexibility index (Phi) is 20.3. The molecule has 9 heteroatoms. The number of carbonyl (C=O) groups is 2. The first kappa shape index (κ1) is 47.4. The molecular weight excluding hydrogens is 761 g/mol. The van der Waals surface area contributed by atoms with Gasteiger partial charge in [0, 0.05) is 55.7 Å². The maximum absolute atomic E-state index is 12.8. The van der Waals surface area contributed by atoms with Gasteiger partial charge in [0.15, 0.2) is 12.2 Å². The van der Waals surface area contributed by atoms with E-state index in [1.165, 1.54) is 0 Å². The molecule has 59 heavy (non-hydrogen) atoms. The summed E-state index contributed by atoms with van der Waals surface area (Å²) < 4.78 is 37.6. The second kappa shape index (κ2) is 25.3. The van der Waals surface area contributed by atoms with Crippen LogP contribution in [0.2, 0.25) is 0 Å². The largest absolute Gasteiger partial charge is 0.488 e. The van der Waals surface area contributed by atoms with Crippen LogP contribution in [0.5, 0.6) is 11.5 Å². The number of ether oxygens (including phenoxy) is 6. The predicted octanol–water partition coefficient (Wildman–Crippen LogP) is 12.3. The molecule has 8 nitrogen and oxygen atoms in total. The SMILES string of the molecule is C=C(C)C(=O)OC(COCC(CC)CCCC)COc1c2ccccc2c(OCC(COCC(CC)CCCC)OC(=O)C(=C)C)c2cc(Sc3ccccc3)ccc12. The number of carbonyl (C=O) groups excluding carboxylic acids is 2. The summed E-state index contributed by atoms with van der Waals surface area (Å²) >= 11 is 1.65. The highest BCUT2D eigenvalue weighted by Gasteiger charge is 2.24. The molecule has 0 N–H and O–H groups in total. The third-order valence-corrected chi connectivity index (χ3v) is 11.3. The number of hydrogen-bond donors (Lipinski definition) is 0.